The molecule has 2 rings (SSSR count). The van der Waals surface area contributed by atoms with Gasteiger partial charge < -0.3 is 0 Å². The fourth-order valence-electron chi connectivity index (χ4n) is 2.63. The zero-order valence-electron chi connectivity index (χ0n) is 10.3. The second-order valence-corrected chi connectivity index (χ2v) is 6.03. The Balaban J connectivity index is 2.01. The molecule has 0 bridgehead atoms. The van der Waals surface area contributed by atoms with Gasteiger partial charge >= 0.3 is 0 Å². The summed E-state index contributed by atoms with van der Waals surface area (Å²) >= 11 is 9.60. The Labute approximate surface area is 121 Å². The van der Waals surface area contributed by atoms with Gasteiger partial charge in [-0.3, -0.25) is 4.90 Å². The molecule has 1 aromatic carbocycles. The first-order valence-electron chi connectivity index (χ1n) is 6.44. The molecule has 4 heteroatoms. The second kappa shape index (κ2) is 6.88. The Morgan fingerprint density at radius 3 is 3.06 bits per heavy atom. The lowest BCUT2D eigenvalue weighted by atomic mass is 10.1. The molecule has 0 amide bonds. The number of likely N-dealkylation sites (tertiary alicyclic amines) is 1. The SMILES string of the molecule is Fc1ccc(Cl)c(CN2CCCC2CCCBr)c1. The average Bonchev–Trinajstić information content (AvgIpc) is 2.79. The molecule has 1 atom stereocenters. The van der Waals surface area contributed by atoms with Crippen molar-refractivity contribution < 1.29 is 4.39 Å². The molecule has 0 radical (unpaired) electrons. The molecular weight excluding hydrogens is 317 g/mol. The van der Waals surface area contributed by atoms with Crippen LogP contribution < -0.4 is 0 Å². The lowest BCUT2D eigenvalue weighted by Gasteiger charge is -2.24. The van der Waals surface area contributed by atoms with E-state index in [0.717, 1.165) is 24.0 Å². The number of hydrogen-bond acceptors (Lipinski definition) is 1. The van der Waals surface area contributed by atoms with Crippen molar-refractivity contribution in [2.24, 2.45) is 0 Å². The molecule has 0 saturated carbocycles. The molecule has 0 aliphatic carbocycles. The van der Waals surface area contributed by atoms with E-state index in [1.165, 1.54) is 31.7 Å². The standard InChI is InChI=1S/C14H18BrClFN/c15-7-1-3-13-4-2-8-18(13)10-11-9-12(17)5-6-14(11)16/h5-6,9,13H,1-4,7-8,10H2. The molecule has 1 fully saturated rings. The zero-order chi connectivity index (χ0) is 13.0. The first-order chi connectivity index (χ1) is 8.70. The molecule has 1 nitrogen and oxygen atoms in total. The van der Waals surface area contributed by atoms with Crippen LogP contribution >= 0.6 is 27.5 Å². The van der Waals surface area contributed by atoms with Gasteiger partial charge in [-0.2, -0.15) is 0 Å². The highest BCUT2D eigenvalue weighted by atomic mass is 79.9. The van der Waals surface area contributed by atoms with Crippen molar-refractivity contribution in [3.05, 3.63) is 34.6 Å². The van der Waals surface area contributed by atoms with E-state index in [1.807, 2.05) is 0 Å². The van der Waals surface area contributed by atoms with Crippen LogP contribution in [0.3, 0.4) is 0 Å². The molecule has 1 saturated heterocycles. The largest absolute Gasteiger partial charge is 0.296 e. The number of benzene rings is 1. The van der Waals surface area contributed by atoms with Crippen molar-refractivity contribution in [2.75, 3.05) is 11.9 Å². The van der Waals surface area contributed by atoms with Crippen molar-refractivity contribution in [1.82, 2.24) is 4.90 Å². The van der Waals surface area contributed by atoms with Gasteiger partial charge in [0.1, 0.15) is 5.82 Å². The van der Waals surface area contributed by atoms with E-state index in [9.17, 15) is 4.39 Å². The molecule has 0 aromatic heterocycles. The van der Waals surface area contributed by atoms with Gasteiger partial charge in [0.15, 0.2) is 0 Å². The monoisotopic (exact) mass is 333 g/mol. The van der Waals surface area contributed by atoms with Gasteiger partial charge in [-0.15, -0.1) is 0 Å². The third kappa shape index (κ3) is 3.69. The molecular formula is C14H18BrClFN. The fraction of sp³-hybridized carbons (Fsp3) is 0.571. The van der Waals surface area contributed by atoms with Gasteiger partial charge in [-0.25, -0.2) is 4.39 Å². The number of halogens is 3. The van der Waals surface area contributed by atoms with Crippen LogP contribution in [0.4, 0.5) is 4.39 Å². The van der Waals surface area contributed by atoms with Crippen LogP contribution in [0.5, 0.6) is 0 Å². The van der Waals surface area contributed by atoms with E-state index < -0.39 is 0 Å². The maximum atomic E-state index is 13.2. The molecule has 1 heterocycles. The number of nitrogens with zero attached hydrogens (tertiary/aromatic N) is 1. The Morgan fingerprint density at radius 2 is 2.28 bits per heavy atom. The maximum absolute atomic E-state index is 13.2. The summed E-state index contributed by atoms with van der Waals surface area (Å²) in [5.41, 5.74) is 0.905. The predicted molar refractivity (Wildman–Crippen MR) is 77.9 cm³/mol. The third-order valence-corrected chi connectivity index (χ3v) is 4.48. The van der Waals surface area contributed by atoms with E-state index >= 15 is 0 Å². The quantitative estimate of drug-likeness (QED) is 0.710. The minimum Gasteiger partial charge on any atom is -0.296 e. The Morgan fingerprint density at radius 1 is 1.44 bits per heavy atom. The van der Waals surface area contributed by atoms with Gasteiger partial charge in [0.2, 0.25) is 0 Å². The average molecular weight is 335 g/mol. The number of hydrogen-bond donors (Lipinski definition) is 0. The summed E-state index contributed by atoms with van der Waals surface area (Å²) in [5.74, 6) is -0.203. The summed E-state index contributed by atoms with van der Waals surface area (Å²) in [6, 6.07) is 5.25. The van der Waals surface area contributed by atoms with Gasteiger partial charge in [-0.1, -0.05) is 27.5 Å². The van der Waals surface area contributed by atoms with Crippen LogP contribution in [0.25, 0.3) is 0 Å². The fourth-order valence-corrected chi connectivity index (χ4v) is 3.13. The summed E-state index contributed by atoms with van der Waals surface area (Å²) in [4.78, 5) is 2.43. The summed E-state index contributed by atoms with van der Waals surface area (Å²) in [7, 11) is 0. The first kappa shape index (κ1) is 14.3. The van der Waals surface area contributed by atoms with E-state index in [-0.39, 0.29) is 5.82 Å². The van der Waals surface area contributed by atoms with Gasteiger partial charge in [0.05, 0.1) is 0 Å². The van der Waals surface area contributed by atoms with Gasteiger partial charge in [-0.05, 0) is 56.0 Å². The minimum atomic E-state index is -0.203. The highest BCUT2D eigenvalue weighted by molar-refractivity contribution is 9.09. The maximum Gasteiger partial charge on any atom is 0.123 e. The van der Waals surface area contributed by atoms with Crippen molar-refractivity contribution in [1.29, 1.82) is 0 Å². The van der Waals surface area contributed by atoms with Crippen LogP contribution in [0.2, 0.25) is 5.02 Å². The van der Waals surface area contributed by atoms with Crippen LogP contribution in [-0.4, -0.2) is 22.8 Å². The zero-order valence-corrected chi connectivity index (χ0v) is 12.7. The molecule has 100 valence electrons. The summed E-state index contributed by atoms with van der Waals surface area (Å²) < 4.78 is 13.2. The van der Waals surface area contributed by atoms with E-state index in [4.69, 9.17) is 11.6 Å². The molecule has 1 aliphatic rings. The normalized spacial score (nSPS) is 20.5. The molecule has 18 heavy (non-hydrogen) atoms. The minimum absolute atomic E-state index is 0.203. The highest BCUT2D eigenvalue weighted by Crippen LogP contribution is 2.26. The Kier molecular flexibility index (Phi) is 5.46. The number of alkyl halides is 1. The van der Waals surface area contributed by atoms with Gasteiger partial charge in [0.25, 0.3) is 0 Å². The first-order valence-corrected chi connectivity index (χ1v) is 7.94. The Hall–Kier alpha value is -0.120. The van der Waals surface area contributed by atoms with Crippen molar-refractivity contribution in [3.8, 4) is 0 Å². The van der Waals surface area contributed by atoms with Crippen LogP contribution in [-0.2, 0) is 6.54 Å². The Bertz CT molecular complexity index is 399. The van der Waals surface area contributed by atoms with Crippen LogP contribution in [0, 0.1) is 5.82 Å². The van der Waals surface area contributed by atoms with Crippen LogP contribution in [0.1, 0.15) is 31.2 Å². The van der Waals surface area contributed by atoms with Crippen molar-refractivity contribution in [2.45, 2.75) is 38.3 Å². The predicted octanol–water partition coefficient (Wildman–Crippen LogP) is 4.62. The summed E-state index contributed by atoms with van der Waals surface area (Å²) in [6.07, 6.45) is 4.88. The van der Waals surface area contributed by atoms with Crippen molar-refractivity contribution >= 4 is 27.5 Å². The molecule has 0 N–H and O–H groups in total. The number of rotatable bonds is 5. The molecule has 1 unspecified atom stereocenters. The van der Waals surface area contributed by atoms with E-state index in [1.54, 1.807) is 12.1 Å². The topological polar surface area (TPSA) is 3.24 Å². The lowest BCUT2D eigenvalue weighted by molar-refractivity contribution is 0.234. The van der Waals surface area contributed by atoms with E-state index in [2.05, 4.69) is 20.8 Å². The highest BCUT2D eigenvalue weighted by Gasteiger charge is 2.24. The second-order valence-electron chi connectivity index (χ2n) is 4.83. The summed E-state index contributed by atoms with van der Waals surface area (Å²) in [6.45, 7) is 1.86. The molecule has 1 aromatic rings. The van der Waals surface area contributed by atoms with Crippen LogP contribution in [0.15, 0.2) is 18.2 Å². The molecule has 1 aliphatic heterocycles. The van der Waals surface area contributed by atoms with Crippen molar-refractivity contribution in [3.63, 3.8) is 0 Å². The lowest BCUT2D eigenvalue weighted by Crippen LogP contribution is -2.29. The van der Waals surface area contributed by atoms with E-state index in [0.29, 0.717) is 11.1 Å². The molecule has 0 spiro atoms. The smallest absolute Gasteiger partial charge is 0.123 e. The summed E-state index contributed by atoms with van der Waals surface area (Å²) in [5, 5.41) is 1.72. The van der Waals surface area contributed by atoms with Gasteiger partial charge in [0, 0.05) is 22.9 Å². The third-order valence-electron chi connectivity index (χ3n) is 3.55.